The van der Waals surface area contributed by atoms with Gasteiger partial charge in [-0.2, -0.15) is 5.10 Å². The maximum absolute atomic E-state index is 4.27. The number of rotatable bonds is 3. The van der Waals surface area contributed by atoms with Gasteiger partial charge in [-0.3, -0.25) is 4.68 Å². The normalized spacial score (nSPS) is 9.71. The van der Waals surface area contributed by atoms with Crippen molar-refractivity contribution in [3.8, 4) is 11.8 Å². The summed E-state index contributed by atoms with van der Waals surface area (Å²) in [5.41, 5.74) is 2.08. The van der Waals surface area contributed by atoms with Crippen molar-refractivity contribution in [3.05, 3.63) is 53.9 Å². The third-order valence-electron chi connectivity index (χ3n) is 2.29. The molecule has 1 aromatic carbocycles. The Kier molecular flexibility index (Phi) is 3.95. The van der Waals surface area contributed by atoms with Crippen LogP contribution in [0, 0.1) is 11.8 Å². The van der Waals surface area contributed by atoms with Crippen LogP contribution in [0.4, 0.5) is 0 Å². The third-order valence-corrected chi connectivity index (χ3v) is 2.29. The molecule has 0 radical (unpaired) electrons. The molecule has 0 spiro atoms. The molecule has 0 amide bonds. The molecule has 0 aliphatic carbocycles. The van der Waals surface area contributed by atoms with Gasteiger partial charge >= 0.3 is 0 Å². The highest BCUT2D eigenvalue weighted by Gasteiger charge is 1.93. The first-order valence-corrected chi connectivity index (χ1v) is 5.58. The van der Waals surface area contributed by atoms with Crippen molar-refractivity contribution in [2.24, 2.45) is 7.05 Å². The minimum Gasteiger partial charge on any atom is -0.300 e. The molecule has 0 fully saturated rings. The molecule has 0 bridgehead atoms. The summed E-state index contributed by atoms with van der Waals surface area (Å²) in [6.45, 7) is 1.43. The lowest BCUT2D eigenvalue weighted by atomic mass is 10.2. The summed E-state index contributed by atoms with van der Waals surface area (Å²) in [5.74, 6) is 6.18. The second-order valence-electron chi connectivity index (χ2n) is 3.75. The Morgan fingerprint density at radius 3 is 2.76 bits per heavy atom. The quantitative estimate of drug-likeness (QED) is 0.634. The maximum atomic E-state index is 4.27. The number of nitrogens with one attached hydrogen (secondary N) is 1. The lowest BCUT2D eigenvalue weighted by Gasteiger charge is -1.95. The molecule has 3 heteroatoms. The predicted molar refractivity (Wildman–Crippen MR) is 68.2 cm³/mol. The van der Waals surface area contributed by atoms with Gasteiger partial charge < -0.3 is 5.32 Å². The smallest absolute Gasteiger partial charge is 0.0762 e. The molecule has 1 N–H and O–H groups in total. The molecular formula is C14H15N3. The van der Waals surface area contributed by atoms with Crippen molar-refractivity contribution in [1.29, 1.82) is 0 Å². The van der Waals surface area contributed by atoms with Gasteiger partial charge in [-0.1, -0.05) is 30.0 Å². The molecule has 1 aromatic heterocycles. The van der Waals surface area contributed by atoms with E-state index < -0.39 is 0 Å². The van der Waals surface area contributed by atoms with Gasteiger partial charge in [0.05, 0.1) is 12.2 Å². The summed E-state index contributed by atoms with van der Waals surface area (Å²) in [4.78, 5) is 0. The molecule has 0 atom stereocenters. The van der Waals surface area contributed by atoms with Gasteiger partial charge in [-0.25, -0.2) is 0 Å². The van der Waals surface area contributed by atoms with E-state index in [1.165, 1.54) is 0 Å². The largest absolute Gasteiger partial charge is 0.300 e. The van der Waals surface area contributed by atoms with Gasteiger partial charge in [-0.05, 0) is 18.2 Å². The molecule has 2 aromatic rings. The summed E-state index contributed by atoms with van der Waals surface area (Å²) in [7, 11) is 1.92. The van der Waals surface area contributed by atoms with Crippen molar-refractivity contribution in [1.82, 2.24) is 15.1 Å². The summed E-state index contributed by atoms with van der Waals surface area (Å²) in [5, 5.41) is 7.51. The van der Waals surface area contributed by atoms with Crippen LogP contribution in [0.25, 0.3) is 0 Å². The van der Waals surface area contributed by atoms with E-state index >= 15 is 0 Å². The first-order chi connectivity index (χ1) is 8.34. The fourth-order valence-electron chi connectivity index (χ4n) is 1.48. The van der Waals surface area contributed by atoms with Crippen molar-refractivity contribution >= 4 is 0 Å². The Morgan fingerprint density at radius 2 is 2.06 bits per heavy atom. The van der Waals surface area contributed by atoms with Crippen LogP contribution in [0.2, 0.25) is 0 Å². The second-order valence-corrected chi connectivity index (χ2v) is 3.75. The van der Waals surface area contributed by atoms with Crippen LogP contribution in [0.5, 0.6) is 0 Å². The third kappa shape index (κ3) is 3.78. The first kappa shape index (κ1) is 11.4. The zero-order valence-corrected chi connectivity index (χ0v) is 9.85. The summed E-state index contributed by atoms with van der Waals surface area (Å²) < 4.78 is 1.80. The number of aryl methyl sites for hydroxylation is 1. The maximum Gasteiger partial charge on any atom is 0.0762 e. The molecule has 86 valence electrons. The zero-order valence-electron chi connectivity index (χ0n) is 9.85. The Balaban J connectivity index is 1.75. The van der Waals surface area contributed by atoms with Gasteiger partial charge in [0.15, 0.2) is 0 Å². The highest BCUT2D eigenvalue weighted by atomic mass is 15.3. The number of benzene rings is 1. The second kappa shape index (κ2) is 5.88. The van der Waals surface area contributed by atoms with E-state index in [2.05, 4.69) is 22.3 Å². The summed E-state index contributed by atoms with van der Waals surface area (Å²) in [6.07, 6.45) is 1.94. The predicted octanol–water partition coefficient (Wildman–Crippen LogP) is 1.56. The van der Waals surface area contributed by atoms with Crippen molar-refractivity contribution < 1.29 is 0 Å². The van der Waals surface area contributed by atoms with Crippen LogP contribution < -0.4 is 5.32 Å². The van der Waals surface area contributed by atoms with Gasteiger partial charge in [0.2, 0.25) is 0 Å². The Hall–Kier alpha value is -2.05. The number of aromatic nitrogens is 2. The van der Waals surface area contributed by atoms with Crippen LogP contribution in [0.15, 0.2) is 42.6 Å². The van der Waals surface area contributed by atoms with E-state index in [0.717, 1.165) is 17.8 Å². The monoisotopic (exact) mass is 225 g/mol. The molecule has 0 saturated heterocycles. The molecule has 1 heterocycles. The molecule has 0 aliphatic heterocycles. The van der Waals surface area contributed by atoms with Gasteiger partial charge in [0, 0.05) is 25.4 Å². The lowest BCUT2D eigenvalue weighted by molar-refractivity contribution is 0.696. The van der Waals surface area contributed by atoms with Crippen LogP contribution in [-0.4, -0.2) is 16.3 Å². The highest BCUT2D eigenvalue weighted by Crippen LogP contribution is 1.94. The first-order valence-electron chi connectivity index (χ1n) is 5.58. The van der Waals surface area contributed by atoms with Crippen molar-refractivity contribution in [3.63, 3.8) is 0 Å². The average Bonchev–Trinajstić information content (AvgIpc) is 2.76. The average molecular weight is 225 g/mol. The van der Waals surface area contributed by atoms with E-state index in [-0.39, 0.29) is 0 Å². The molecule has 0 aliphatic rings. The number of nitrogens with zero attached hydrogens (tertiary/aromatic N) is 2. The lowest BCUT2D eigenvalue weighted by Crippen LogP contribution is -2.13. The summed E-state index contributed by atoms with van der Waals surface area (Å²) >= 11 is 0. The van der Waals surface area contributed by atoms with Crippen LogP contribution in [0.1, 0.15) is 11.3 Å². The number of hydrogen-bond donors (Lipinski definition) is 1. The van der Waals surface area contributed by atoms with E-state index in [1.807, 2.05) is 49.6 Å². The fraction of sp³-hybridized carbons (Fsp3) is 0.214. The zero-order chi connectivity index (χ0) is 11.9. The molecule has 2 rings (SSSR count). The van der Waals surface area contributed by atoms with E-state index in [1.54, 1.807) is 4.68 Å². The summed E-state index contributed by atoms with van der Waals surface area (Å²) in [6, 6.07) is 12.0. The fourth-order valence-corrected chi connectivity index (χ4v) is 1.48. The molecule has 0 saturated carbocycles. The molecule has 0 unspecified atom stereocenters. The van der Waals surface area contributed by atoms with Crippen molar-refractivity contribution in [2.45, 2.75) is 6.54 Å². The van der Waals surface area contributed by atoms with Crippen molar-refractivity contribution in [2.75, 3.05) is 6.54 Å². The SMILES string of the molecule is Cn1ccc(CNCC#Cc2ccccc2)n1. The Labute approximate surface area is 101 Å². The highest BCUT2D eigenvalue weighted by molar-refractivity contribution is 5.33. The van der Waals surface area contributed by atoms with Gasteiger partial charge in [0.1, 0.15) is 0 Å². The topological polar surface area (TPSA) is 29.9 Å². The molecule has 3 nitrogen and oxygen atoms in total. The Bertz CT molecular complexity index is 517. The van der Waals surface area contributed by atoms with Crippen LogP contribution in [-0.2, 0) is 13.6 Å². The van der Waals surface area contributed by atoms with E-state index in [0.29, 0.717) is 6.54 Å². The van der Waals surface area contributed by atoms with E-state index in [4.69, 9.17) is 0 Å². The van der Waals surface area contributed by atoms with Crippen LogP contribution >= 0.6 is 0 Å². The molecule has 17 heavy (non-hydrogen) atoms. The standard InChI is InChI=1S/C14H15N3/c1-17-11-9-14(16-17)12-15-10-5-8-13-6-3-2-4-7-13/h2-4,6-7,9,11,15H,10,12H2,1H3. The number of hydrogen-bond acceptors (Lipinski definition) is 2. The van der Waals surface area contributed by atoms with Crippen LogP contribution in [0.3, 0.4) is 0 Å². The van der Waals surface area contributed by atoms with Gasteiger partial charge in [-0.15, -0.1) is 0 Å². The van der Waals surface area contributed by atoms with Gasteiger partial charge in [0.25, 0.3) is 0 Å². The minimum atomic E-state index is 0.672. The Morgan fingerprint density at radius 1 is 1.24 bits per heavy atom. The van der Waals surface area contributed by atoms with E-state index in [9.17, 15) is 0 Å². The minimum absolute atomic E-state index is 0.672. The molecular weight excluding hydrogens is 210 g/mol.